The van der Waals surface area contributed by atoms with Crippen LogP contribution < -0.4 is 10.2 Å². The number of rotatable bonds is 4. The number of urea groups is 1. The van der Waals surface area contributed by atoms with Crippen LogP contribution in [0.4, 0.5) is 16.4 Å². The summed E-state index contributed by atoms with van der Waals surface area (Å²) in [5.74, 6) is 1.43. The molecule has 6 heteroatoms. The van der Waals surface area contributed by atoms with Crippen LogP contribution in [0.2, 0.25) is 0 Å². The summed E-state index contributed by atoms with van der Waals surface area (Å²) in [7, 11) is 0. The van der Waals surface area contributed by atoms with Crippen LogP contribution in [-0.2, 0) is 0 Å². The molecule has 3 rings (SSSR count). The SMILES string of the molecule is CC(C)c1cccc(C(C)C)c1NC(=O)N1CCN(c2ncccn2)CC1. The number of carbonyl (C=O) groups excluding carboxylic acids is 1. The Hall–Kier alpha value is -2.63. The smallest absolute Gasteiger partial charge is 0.321 e. The van der Waals surface area contributed by atoms with E-state index in [1.54, 1.807) is 12.4 Å². The van der Waals surface area contributed by atoms with Crippen molar-refractivity contribution in [3.63, 3.8) is 0 Å². The van der Waals surface area contributed by atoms with Crippen LogP contribution in [0, 0.1) is 0 Å². The molecule has 0 spiro atoms. The van der Waals surface area contributed by atoms with Crippen molar-refractivity contribution in [2.45, 2.75) is 39.5 Å². The van der Waals surface area contributed by atoms with Gasteiger partial charge in [0.15, 0.2) is 0 Å². The number of amides is 2. The van der Waals surface area contributed by atoms with Crippen LogP contribution in [-0.4, -0.2) is 47.1 Å². The summed E-state index contributed by atoms with van der Waals surface area (Å²) in [6.45, 7) is 11.4. The highest BCUT2D eigenvalue weighted by Crippen LogP contribution is 2.32. The zero-order valence-electron chi connectivity index (χ0n) is 16.6. The second-order valence-corrected chi connectivity index (χ2v) is 7.57. The Bertz CT molecular complexity index is 741. The van der Waals surface area contributed by atoms with E-state index in [2.05, 4.69) is 66.1 Å². The fourth-order valence-corrected chi connectivity index (χ4v) is 3.45. The van der Waals surface area contributed by atoms with Gasteiger partial charge in [-0.3, -0.25) is 0 Å². The molecule has 27 heavy (non-hydrogen) atoms. The van der Waals surface area contributed by atoms with Crippen LogP contribution >= 0.6 is 0 Å². The van der Waals surface area contributed by atoms with Gasteiger partial charge in [0, 0.05) is 44.3 Å². The van der Waals surface area contributed by atoms with Crippen molar-refractivity contribution in [3.05, 3.63) is 47.8 Å². The summed E-state index contributed by atoms with van der Waals surface area (Å²) >= 11 is 0. The van der Waals surface area contributed by atoms with Gasteiger partial charge in [0.1, 0.15) is 0 Å². The maximum Gasteiger partial charge on any atom is 0.321 e. The van der Waals surface area contributed by atoms with E-state index in [1.807, 2.05) is 11.0 Å². The molecule has 1 aliphatic rings. The van der Waals surface area contributed by atoms with E-state index in [0.29, 0.717) is 24.9 Å². The lowest BCUT2D eigenvalue weighted by Gasteiger charge is -2.35. The highest BCUT2D eigenvalue weighted by Gasteiger charge is 2.24. The highest BCUT2D eigenvalue weighted by atomic mass is 16.2. The van der Waals surface area contributed by atoms with Gasteiger partial charge < -0.3 is 15.1 Å². The Morgan fingerprint density at radius 1 is 0.926 bits per heavy atom. The first kappa shape index (κ1) is 19.1. The van der Waals surface area contributed by atoms with E-state index in [1.165, 1.54) is 11.1 Å². The summed E-state index contributed by atoms with van der Waals surface area (Å²) in [5.41, 5.74) is 3.35. The van der Waals surface area contributed by atoms with Crippen molar-refractivity contribution >= 4 is 17.7 Å². The van der Waals surface area contributed by atoms with Gasteiger partial charge in [-0.05, 0) is 29.0 Å². The lowest BCUT2D eigenvalue weighted by Crippen LogP contribution is -2.50. The number of nitrogens with one attached hydrogen (secondary N) is 1. The Balaban J connectivity index is 1.70. The summed E-state index contributed by atoms with van der Waals surface area (Å²) in [6.07, 6.45) is 3.50. The Morgan fingerprint density at radius 2 is 1.48 bits per heavy atom. The van der Waals surface area contributed by atoms with Crippen LogP contribution in [0.1, 0.15) is 50.7 Å². The summed E-state index contributed by atoms with van der Waals surface area (Å²) in [5, 5.41) is 3.20. The Labute approximate surface area is 161 Å². The molecular formula is C21H29N5O. The minimum Gasteiger partial charge on any atom is -0.337 e. The molecule has 2 aromatic rings. The number of para-hydroxylation sites is 1. The molecule has 144 valence electrons. The third-order valence-electron chi connectivity index (χ3n) is 5.01. The molecule has 0 radical (unpaired) electrons. The van der Waals surface area contributed by atoms with E-state index < -0.39 is 0 Å². The number of nitrogens with zero attached hydrogens (tertiary/aromatic N) is 4. The summed E-state index contributed by atoms with van der Waals surface area (Å²) in [4.78, 5) is 25.5. The largest absolute Gasteiger partial charge is 0.337 e. The zero-order valence-corrected chi connectivity index (χ0v) is 16.6. The quantitative estimate of drug-likeness (QED) is 0.885. The number of aromatic nitrogens is 2. The van der Waals surface area contributed by atoms with Gasteiger partial charge in [-0.15, -0.1) is 0 Å². The molecule has 1 aromatic carbocycles. The Kier molecular flexibility index (Phi) is 5.94. The van der Waals surface area contributed by atoms with Crippen LogP contribution in [0.3, 0.4) is 0 Å². The second kappa shape index (κ2) is 8.37. The first-order valence-electron chi connectivity index (χ1n) is 9.68. The zero-order chi connectivity index (χ0) is 19.4. The number of benzene rings is 1. The van der Waals surface area contributed by atoms with Gasteiger partial charge in [-0.25, -0.2) is 14.8 Å². The van der Waals surface area contributed by atoms with Gasteiger partial charge in [0.25, 0.3) is 0 Å². The minimum atomic E-state index is -0.0290. The third kappa shape index (κ3) is 4.38. The number of piperazine rings is 1. The van der Waals surface area contributed by atoms with Crippen LogP contribution in [0.15, 0.2) is 36.7 Å². The van der Waals surface area contributed by atoms with E-state index in [4.69, 9.17) is 0 Å². The average Bonchev–Trinajstić information content (AvgIpc) is 2.68. The van der Waals surface area contributed by atoms with Crippen molar-refractivity contribution in [1.82, 2.24) is 14.9 Å². The van der Waals surface area contributed by atoms with Gasteiger partial charge >= 0.3 is 6.03 Å². The molecular weight excluding hydrogens is 338 g/mol. The standard InChI is InChI=1S/C21H29N5O/c1-15(2)17-7-5-8-18(16(3)4)19(17)24-21(27)26-13-11-25(12-14-26)20-22-9-6-10-23-20/h5-10,15-16H,11-14H2,1-4H3,(H,24,27). The molecule has 0 atom stereocenters. The van der Waals surface area contributed by atoms with Gasteiger partial charge in [-0.1, -0.05) is 45.9 Å². The number of anilines is 2. The number of carbonyl (C=O) groups is 1. The normalized spacial score (nSPS) is 14.7. The van der Waals surface area contributed by atoms with Gasteiger partial charge in [-0.2, -0.15) is 0 Å². The molecule has 1 saturated heterocycles. The van der Waals surface area contributed by atoms with Crippen molar-refractivity contribution in [2.75, 3.05) is 36.4 Å². The molecule has 6 nitrogen and oxygen atoms in total. The van der Waals surface area contributed by atoms with Crippen molar-refractivity contribution < 1.29 is 4.79 Å². The molecule has 2 amide bonds. The van der Waals surface area contributed by atoms with E-state index in [9.17, 15) is 4.79 Å². The fourth-order valence-electron chi connectivity index (χ4n) is 3.45. The third-order valence-corrected chi connectivity index (χ3v) is 5.01. The van der Waals surface area contributed by atoms with Crippen molar-refractivity contribution in [1.29, 1.82) is 0 Å². The average molecular weight is 367 g/mol. The minimum absolute atomic E-state index is 0.0290. The predicted octanol–water partition coefficient (Wildman–Crippen LogP) is 4.08. The first-order valence-corrected chi connectivity index (χ1v) is 9.68. The molecule has 0 unspecified atom stereocenters. The maximum atomic E-state index is 12.9. The molecule has 0 saturated carbocycles. The number of hydrogen-bond donors (Lipinski definition) is 1. The van der Waals surface area contributed by atoms with Crippen molar-refractivity contribution in [3.8, 4) is 0 Å². The lowest BCUT2D eigenvalue weighted by atomic mass is 9.93. The first-order chi connectivity index (χ1) is 13.0. The predicted molar refractivity (Wildman–Crippen MR) is 109 cm³/mol. The summed E-state index contributed by atoms with van der Waals surface area (Å²) < 4.78 is 0. The second-order valence-electron chi connectivity index (χ2n) is 7.57. The van der Waals surface area contributed by atoms with Gasteiger partial charge in [0.2, 0.25) is 5.95 Å². The van der Waals surface area contributed by atoms with Crippen LogP contribution in [0.25, 0.3) is 0 Å². The highest BCUT2D eigenvalue weighted by molar-refractivity contribution is 5.91. The number of hydrogen-bond acceptors (Lipinski definition) is 4. The molecule has 0 aliphatic carbocycles. The van der Waals surface area contributed by atoms with E-state index in [-0.39, 0.29) is 6.03 Å². The molecule has 1 fully saturated rings. The monoisotopic (exact) mass is 367 g/mol. The molecule has 0 bridgehead atoms. The molecule has 1 aliphatic heterocycles. The molecule has 2 heterocycles. The van der Waals surface area contributed by atoms with E-state index in [0.717, 1.165) is 24.7 Å². The van der Waals surface area contributed by atoms with Crippen LogP contribution in [0.5, 0.6) is 0 Å². The molecule has 1 N–H and O–H groups in total. The van der Waals surface area contributed by atoms with Crippen molar-refractivity contribution in [2.24, 2.45) is 0 Å². The fraction of sp³-hybridized carbons (Fsp3) is 0.476. The maximum absolute atomic E-state index is 12.9. The van der Waals surface area contributed by atoms with Gasteiger partial charge in [0.05, 0.1) is 0 Å². The summed E-state index contributed by atoms with van der Waals surface area (Å²) in [6, 6.07) is 8.08. The lowest BCUT2D eigenvalue weighted by molar-refractivity contribution is 0.208. The Morgan fingerprint density at radius 3 is 2.00 bits per heavy atom. The van der Waals surface area contributed by atoms with E-state index >= 15 is 0 Å². The molecule has 1 aromatic heterocycles. The topological polar surface area (TPSA) is 61.4 Å².